The SMILES string of the molecule is Cc1cc(C(=O)N(C)C)nc2c(Cc3ccc(-c4ccccc4-c4nn[nH]n4)cc3)c(C3CC3)nn12. The van der Waals surface area contributed by atoms with Gasteiger partial charge >= 0.3 is 0 Å². The summed E-state index contributed by atoms with van der Waals surface area (Å²) in [6, 6.07) is 18.4. The zero-order valence-corrected chi connectivity index (χ0v) is 20.4. The minimum atomic E-state index is -0.106. The quantitative estimate of drug-likeness (QED) is 0.395. The van der Waals surface area contributed by atoms with Crippen LogP contribution in [0.2, 0.25) is 0 Å². The molecule has 0 saturated heterocycles. The van der Waals surface area contributed by atoms with Gasteiger partial charge in [-0.15, -0.1) is 10.2 Å². The van der Waals surface area contributed by atoms with Gasteiger partial charge in [0.15, 0.2) is 5.65 Å². The smallest absolute Gasteiger partial charge is 0.272 e. The van der Waals surface area contributed by atoms with Crippen molar-refractivity contribution in [1.82, 2.24) is 40.1 Å². The molecule has 3 heterocycles. The van der Waals surface area contributed by atoms with E-state index in [4.69, 9.17) is 10.1 Å². The summed E-state index contributed by atoms with van der Waals surface area (Å²) in [5, 5.41) is 19.5. The molecule has 9 heteroatoms. The van der Waals surface area contributed by atoms with Crippen molar-refractivity contribution in [1.29, 1.82) is 0 Å². The molecule has 1 aliphatic rings. The highest BCUT2D eigenvalue weighted by atomic mass is 16.2. The van der Waals surface area contributed by atoms with Crippen molar-refractivity contribution in [3.05, 3.63) is 82.8 Å². The molecular formula is C27H26N8O. The number of aromatic nitrogens is 7. The number of amides is 1. The van der Waals surface area contributed by atoms with Gasteiger partial charge in [-0.25, -0.2) is 9.50 Å². The first-order valence-corrected chi connectivity index (χ1v) is 12.0. The molecule has 1 N–H and O–H groups in total. The maximum atomic E-state index is 12.7. The summed E-state index contributed by atoms with van der Waals surface area (Å²) in [7, 11) is 3.49. The number of hydrogen-bond donors (Lipinski definition) is 1. The standard InChI is InChI=1S/C27H26N8O/c1-16-14-23(27(36)34(2)3)28-26-22(24(19-12-13-19)31-35(16)26)15-17-8-10-18(11-9-17)20-6-4-5-7-21(20)25-29-32-33-30-25/h4-11,14,19H,12-13,15H2,1-3H3,(H,29,30,32,33). The number of H-pyrrole nitrogens is 1. The molecule has 36 heavy (non-hydrogen) atoms. The van der Waals surface area contributed by atoms with E-state index in [1.807, 2.05) is 35.7 Å². The van der Waals surface area contributed by atoms with E-state index in [0.29, 0.717) is 23.9 Å². The lowest BCUT2D eigenvalue weighted by Crippen LogP contribution is -2.23. The van der Waals surface area contributed by atoms with Gasteiger partial charge in [0, 0.05) is 43.3 Å². The number of benzene rings is 2. The van der Waals surface area contributed by atoms with Crippen LogP contribution >= 0.6 is 0 Å². The number of nitrogens with zero attached hydrogens (tertiary/aromatic N) is 7. The molecule has 1 saturated carbocycles. The predicted molar refractivity (Wildman–Crippen MR) is 136 cm³/mol. The number of rotatable bonds is 6. The molecule has 0 spiro atoms. The van der Waals surface area contributed by atoms with Crippen LogP contribution < -0.4 is 0 Å². The van der Waals surface area contributed by atoms with Crippen LogP contribution in [0, 0.1) is 6.92 Å². The third kappa shape index (κ3) is 3.92. The summed E-state index contributed by atoms with van der Waals surface area (Å²) in [5.74, 6) is 0.931. The van der Waals surface area contributed by atoms with Crippen molar-refractivity contribution in [3.63, 3.8) is 0 Å². The topological polar surface area (TPSA) is 105 Å². The van der Waals surface area contributed by atoms with Crippen LogP contribution in [0.15, 0.2) is 54.6 Å². The Kier molecular flexibility index (Phi) is 5.32. The molecule has 1 fully saturated rings. The van der Waals surface area contributed by atoms with Gasteiger partial charge in [-0.1, -0.05) is 48.5 Å². The molecular weight excluding hydrogens is 452 g/mol. The third-order valence-electron chi connectivity index (χ3n) is 6.64. The van der Waals surface area contributed by atoms with E-state index in [0.717, 1.165) is 57.7 Å². The third-order valence-corrected chi connectivity index (χ3v) is 6.64. The Bertz CT molecular complexity index is 1560. The summed E-state index contributed by atoms with van der Waals surface area (Å²) in [5.41, 5.74) is 8.55. The fourth-order valence-electron chi connectivity index (χ4n) is 4.63. The molecule has 2 aromatic carbocycles. The zero-order chi connectivity index (χ0) is 24.8. The van der Waals surface area contributed by atoms with Crippen molar-refractivity contribution in [2.45, 2.75) is 32.1 Å². The van der Waals surface area contributed by atoms with E-state index in [1.54, 1.807) is 19.0 Å². The van der Waals surface area contributed by atoms with Gasteiger partial charge in [-0.2, -0.15) is 10.3 Å². The Labute approximate surface area is 208 Å². The Hall–Kier alpha value is -4.40. The largest absolute Gasteiger partial charge is 0.343 e. The molecule has 0 radical (unpaired) electrons. The molecule has 0 atom stereocenters. The number of tetrazole rings is 1. The second-order valence-electron chi connectivity index (χ2n) is 9.51. The molecule has 1 amide bonds. The Morgan fingerprint density at radius 3 is 2.50 bits per heavy atom. The lowest BCUT2D eigenvalue weighted by molar-refractivity contribution is 0.0822. The van der Waals surface area contributed by atoms with Gasteiger partial charge in [-0.3, -0.25) is 4.79 Å². The van der Waals surface area contributed by atoms with Crippen molar-refractivity contribution in [2.24, 2.45) is 0 Å². The molecule has 5 aromatic rings. The van der Waals surface area contributed by atoms with Crippen molar-refractivity contribution in [3.8, 4) is 22.5 Å². The van der Waals surface area contributed by atoms with Crippen LogP contribution in [0.3, 0.4) is 0 Å². The molecule has 0 unspecified atom stereocenters. The molecule has 0 aliphatic heterocycles. The van der Waals surface area contributed by atoms with Gasteiger partial charge in [0.25, 0.3) is 5.91 Å². The Balaban J connectivity index is 1.38. The van der Waals surface area contributed by atoms with E-state index < -0.39 is 0 Å². The average molecular weight is 479 g/mol. The summed E-state index contributed by atoms with van der Waals surface area (Å²) in [6.45, 7) is 1.98. The molecule has 6 rings (SSSR count). The van der Waals surface area contributed by atoms with Crippen LogP contribution in [0.5, 0.6) is 0 Å². The first kappa shape index (κ1) is 22.1. The molecule has 1 aliphatic carbocycles. The fraction of sp³-hybridized carbons (Fsp3) is 0.259. The first-order valence-electron chi connectivity index (χ1n) is 12.0. The summed E-state index contributed by atoms with van der Waals surface area (Å²) in [4.78, 5) is 19.0. The number of aromatic amines is 1. The minimum Gasteiger partial charge on any atom is -0.343 e. The highest BCUT2D eigenvalue weighted by Crippen LogP contribution is 2.42. The number of nitrogens with one attached hydrogen (secondary N) is 1. The minimum absolute atomic E-state index is 0.106. The number of hydrogen-bond acceptors (Lipinski definition) is 6. The second kappa shape index (κ2) is 8.67. The molecule has 9 nitrogen and oxygen atoms in total. The highest BCUT2D eigenvalue weighted by Gasteiger charge is 2.31. The molecule has 180 valence electrons. The van der Waals surface area contributed by atoms with Crippen molar-refractivity contribution in [2.75, 3.05) is 14.1 Å². The van der Waals surface area contributed by atoms with Crippen LogP contribution in [-0.2, 0) is 6.42 Å². The maximum absolute atomic E-state index is 12.7. The normalized spacial score (nSPS) is 13.3. The number of aryl methyl sites for hydroxylation is 1. The Morgan fingerprint density at radius 2 is 1.83 bits per heavy atom. The van der Waals surface area contributed by atoms with Crippen molar-refractivity contribution >= 4 is 11.6 Å². The van der Waals surface area contributed by atoms with Crippen LogP contribution in [-0.4, -0.2) is 60.1 Å². The summed E-state index contributed by atoms with van der Waals surface area (Å²) < 4.78 is 1.89. The summed E-state index contributed by atoms with van der Waals surface area (Å²) >= 11 is 0. The average Bonchev–Trinajstić information content (AvgIpc) is 3.45. The maximum Gasteiger partial charge on any atom is 0.272 e. The van der Waals surface area contributed by atoms with Gasteiger partial charge in [0.2, 0.25) is 5.82 Å². The molecule has 3 aromatic heterocycles. The number of carbonyl (C=O) groups is 1. The van der Waals surface area contributed by atoms with Gasteiger partial charge in [0.05, 0.1) is 5.69 Å². The van der Waals surface area contributed by atoms with Crippen LogP contribution in [0.4, 0.5) is 0 Å². The van der Waals surface area contributed by atoms with Crippen molar-refractivity contribution < 1.29 is 4.79 Å². The van der Waals surface area contributed by atoms with Gasteiger partial charge in [0.1, 0.15) is 5.69 Å². The van der Waals surface area contributed by atoms with E-state index in [9.17, 15) is 4.79 Å². The highest BCUT2D eigenvalue weighted by molar-refractivity contribution is 5.92. The monoisotopic (exact) mass is 478 g/mol. The lowest BCUT2D eigenvalue weighted by atomic mass is 9.96. The number of carbonyl (C=O) groups excluding carboxylic acids is 1. The van der Waals surface area contributed by atoms with E-state index in [-0.39, 0.29) is 5.91 Å². The second-order valence-corrected chi connectivity index (χ2v) is 9.51. The predicted octanol–water partition coefficient (Wildman–Crippen LogP) is 4.05. The Morgan fingerprint density at radius 1 is 1.08 bits per heavy atom. The summed E-state index contributed by atoms with van der Waals surface area (Å²) in [6.07, 6.45) is 2.99. The zero-order valence-electron chi connectivity index (χ0n) is 20.4. The van der Waals surface area contributed by atoms with Gasteiger partial charge < -0.3 is 4.90 Å². The van der Waals surface area contributed by atoms with Crippen LogP contribution in [0.1, 0.15) is 51.8 Å². The fourth-order valence-corrected chi connectivity index (χ4v) is 4.63. The lowest BCUT2D eigenvalue weighted by Gasteiger charge is -2.11. The van der Waals surface area contributed by atoms with Crippen LogP contribution in [0.25, 0.3) is 28.2 Å². The van der Waals surface area contributed by atoms with Gasteiger partial charge in [-0.05, 0) is 47.7 Å². The number of fused-ring (bicyclic) bond motifs is 1. The van der Waals surface area contributed by atoms with E-state index >= 15 is 0 Å². The molecule has 0 bridgehead atoms. The van der Waals surface area contributed by atoms with E-state index in [2.05, 4.69) is 51.0 Å². The van der Waals surface area contributed by atoms with E-state index in [1.165, 1.54) is 0 Å². The first-order chi connectivity index (χ1) is 17.5.